The lowest BCUT2D eigenvalue weighted by molar-refractivity contribution is -0.789. The van der Waals surface area contributed by atoms with E-state index in [1.165, 1.54) is 0 Å². The van der Waals surface area contributed by atoms with Crippen LogP contribution in [0.4, 0.5) is 9.59 Å². The topological polar surface area (TPSA) is 90.9 Å². The number of carbonyl (C=O) groups excluding carboxylic acids is 3. The number of nitrogens with one attached hydrogen (secondary N) is 1. The lowest BCUT2D eigenvalue weighted by Gasteiger charge is -2.34. The van der Waals surface area contributed by atoms with Crippen LogP contribution in [0.2, 0.25) is 0 Å². The minimum Gasteiger partial charge on any atom is -0.433 e. The van der Waals surface area contributed by atoms with E-state index >= 15 is 0 Å². The SMILES string of the molecule is C[C@@H]1CCC[N+]1(C(=O)NC1CC(=O)OC1OCc1ccccc1)C(=O)OC(C)(C)C. The van der Waals surface area contributed by atoms with Crippen molar-refractivity contribution in [2.24, 2.45) is 0 Å². The fourth-order valence-corrected chi connectivity index (χ4v) is 3.91. The number of nitrogens with zero attached hydrogens (tertiary/aromatic N) is 1. The zero-order valence-corrected chi connectivity index (χ0v) is 18.1. The fourth-order valence-electron chi connectivity index (χ4n) is 3.91. The van der Waals surface area contributed by atoms with Gasteiger partial charge in [0.25, 0.3) is 0 Å². The van der Waals surface area contributed by atoms with Crippen molar-refractivity contribution in [3.63, 3.8) is 0 Å². The van der Waals surface area contributed by atoms with Gasteiger partial charge in [0.1, 0.15) is 17.7 Å². The number of cyclic esters (lactones) is 1. The summed E-state index contributed by atoms with van der Waals surface area (Å²) in [6.07, 6.45) is -0.00792. The number of imide groups is 1. The first-order valence-corrected chi connectivity index (χ1v) is 10.4. The molecule has 2 saturated heterocycles. The Morgan fingerprint density at radius 1 is 1.23 bits per heavy atom. The second kappa shape index (κ2) is 8.73. The summed E-state index contributed by atoms with van der Waals surface area (Å²) in [5.74, 6) is -0.448. The van der Waals surface area contributed by atoms with Crippen LogP contribution in [0.3, 0.4) is 0 Å². The molecule has 1 aromatic rings. The Morgan fingerprint density at radius 2 is 1.93 bits per heavy atom. The Labute approximate surface area is 177 Å². The number of rotatable bonds is 4. The van der Waals surface area contributed by atoms with Gasteiger partial charge in [-0.3, -0.25) is 10.1 Å². The summed E-state index contributed by atoms with van der Waals surface area (Å²) in [6, 6.07) is 8.12. The molecule has 3 unspecified atom stereocenters. The van der Waals surface area contributed by atoms with Crippen molar-refractivity contribution < 1.29 is 33.1 Å². The Hall–Kier alpha value is -2.45. The lowest BCUT2D eigenvalue weighted by atomic mass is 10.2. The zero-order chi connectivity index (χ0) is 21.9. The van der Waals surface area contributed by atoms with E-state index in [0.29, 0.717) is 6.54 Å². The lowest BCUT2D eigenvalue weighted by Crippen LogP contribution is -2.65. The summed E-state index contributed by atoms with van der Waals surface area (Å²) >= 11 is 0. The number of likely N-dealkylation sites (tertiary alicyclic amines) is 1. The quantitative estimate of drug-likeness (QED) is 0.593. The molecule has 0 radical (unpaired) electrons. The molecule has 3 amide bonds. The number of esters is 1. The van der Waals surface area contributed by atoms with Crippen molar-refractivity contribution in [3.8, 4) is 0 Å². The third-order valence-electron chi connectivity index (χ3n) is 5.50. The van der Waals surface area contributed by atoms with Crippen LogP contribution < -0.4 is 5.32 Å². The van der Waals surface area contributed by atoms with Crippen LogP contribution in [0.5, 0.6) is 0 Å². The number of benzene rings is 1. The molecule has 0 saturated carbocycles. The first-order valence-electron chi connectivity index (χ1n) is 10.4. The number of hydrogen-bond donors (Lipinski definition) is 1. The van der Waals surface area contributed by atoms with Crippen molar-refractivity contribution in [1.82, 2.24) is 5.32 Å². The van der Waals surface area contributed by atoms with E-state index in [1.54, 1.807) is 20.8 Å². The van der Waals surface area contributed by atoms with Crippen LogP contribution in [-0.2, 0) is 25.6 Å². The van der Waals surface area contributed by atoms with Crippen molar-refractivity contribution in [3.05, 3.63) is 35.9 Å². The van der Waals surface area contributed by atoms with Crippen molar-refractivity contribution in [2.45, 2.75) is 77.5 Å². The smallest absolute Gasteiger partial charge is 0.433 e. The highest BCUT2D eigenvalue weighted by atomic mass is 16.7. The molecule has 2 heterocycles. The molecule has 1 N–H and O–H groups in total. The molecule has 2 aliphatic heterocycles. The molecule has 0 spiro atoms. The van der Waals surface area contributed by atoms with Crippen molar-refractivity contribution in [1.29, 1.82) is 0 Å². The highest BCUT2D eigenvalue weighted by molar-refractivity contribution is 5.82. The van der Waals surface area contributed by atoms with Crippen LogP contribution in [0.1, 0.15) is 52.5 Å². The van der Waals surface area contributed by atoms with Crippen LogP contribution in [0, 0.1) is 0 Å². The Bertz CT molecular complexity index is 791. The molecular weight excluding hydrogens is 388 g/mol. The molecule has 0 aliphatic carbocycles. The van der Waals surface area contributed by atoms with Gasteiger partial charge in [0.15, 0.2) is 0 Å². The van der Waals surface area contributed by atoms with E-state index in [0.717, 1.165) is 18.4 Å². The van der Waals surface area contributed by atoms with Crippen LogP contribution in [-0.4, -0.2) is 53.1 Å². The first kappa shape index (κ1) is 22.2. The Balaban J connectivity index is 1.72. The number of quaternary nitrogens is 1. The third kappa shape index (κ3) is 4.82. The van der Waals surface area contributed by atoms with Gasteiger partial charge in [-0.25, -0.2) is 4.79 Å². The molecule has 0 aromatic heterocycles. The minimum atomic E-state index is -0.904. The molecular formula is C22H31N2O6+. The zero-order valence-electron chi connectivity index (χ0n) is 18.1. The van der Waals surface area contributed by atoms with E-state index in [2.05, 4.69) is 5.32 Å². The molecule has 164 valence electrons. The normalized spacial score (nSPS) is 28.8. The molecule has 4 atom stereocenters. The largest absolute Gasteiger partial charge is 0.525 e. The van der Waals surface area contributed by atoms with Gasteiger partial charge in [-0.2, -0.15) is 4.79 Å². The van der Waals surface area contributed by atoms with Gasteiger partial charge in [0.2, 0.25) is 6.29 Å². The summed E-state index contributed by atoms with van der Waals surface area (Å²) in [7, 11) is 0. The first-order chi connectivity index (χ1) is 14.1. The molecule has 3 rings (SSSR count). The summed E-state index contributed by atoms with van der Waals surface area (Å²) in [5.41, 5.74) is 0.217. The highest BCUT2D eigenvalue weighted by Gasteiger charge is 2.56. The van der Waals surface area contributed by atoms with Gasteiger partial charge < -0.3 is 14.2 Å². The minimum absolute atomic E-state index is 0.00606. The van der Waals surface area contributed by atoms with E-state index in [9.17, 15) is 14.4 Å². The summed E-state index contributed by atoms with van der Waals surface area (Å²) < 4.78 is 16.2. The number of hydrogen-bond acceptors (Lipinski definition) is 6. The Kier molecular flexibility index (Phi) is 6.47. The maximum Gasteiger partial charge on any atom is 0.525 e. The molecule has 30 heavy (non-hydrogen) atoms. The predicted molar refractivity (Wildman–Crippen MR) is 108 cm³/mol. The van der Waals surface area contributed by atoms with E-state index < -0.39 is 40.5 Å². The summed E-state index contributed by atoms with van der Waals surface area (Å²) in [5, 5.41) is 2.84. The molecule has 1 aromatic carbocycles. The molecule has 8 nitrogen and oxygen atoms in total. The van der Waals surface area contributed by atoms with Crippen LogP contribution in [0.15, 0.2) is 30.3 Å². The fraction of sp³-hybridized carbons (Fsp3) is 0.591. The maximum absolute atomic E-state index is 13.3. The van der Waals surface area contributed by atoms with Crippen molar-refractivity contribution in [2.75, 3.05) is 6.54 Å². The monoisotopic (exact) mass is 419 g/mol. The molecule has 2 fully saturated rings. The number of urea groups is 1. The van der Waals surface area contributed by atoms with Gasteiger partial charge in [-0.05, 0) is 33.3 Å². The van der Waals surface area contributed by atoms with Gasteiger partial charge in [0.05, 0.1) is 19.6 Å². The molecule has 2 aliphatic rings. The Morgan fingerprint density at radius 3 is 2.53 bits per heavy atom. The van der Waals surface area contributed by atoms with Gasteiger partial charge >= 0.3 is 18.1 Å². The van der Waals surface area contributed by atoms with Gasteiger partial charge in [0, 0.05) is 12.8 Å². The van der Waals surface area contributed by atoms with E-state index in [-0.39, 0.29) is 19.1 Å². The number of carbonyl (C=O) groups is 3. The van der Waals surface area contributed by atoms with E-state index in [1.807, 2.05) is 37.3 Å². The van der Waals surface area contributed by atoms with Gasteiger partial charge in [-0.1, -0.05) is 30.3 Å². The third-order valence-corrected chi connectivity index (χ3v) is 5.50. The summed E-state index contributed by atoms with van der Waals surface area (Å²) in [4.78, 5) is 38.2. The molecule has 0 bridgehead atoms. The van der Waals surface area contributed by atoms with Crippen LogP contribution in [0.25, 0.3) is 0 Å². The van der Waals surface area contributed by atoms with E-state index in [4.69, 9.17) is 14.2 Å². The second-order valence-electron chi connectivity index (χ2n) is 8.98. The number of ether oxygens (including phenoxy) is 3. The number of amides is 3. The highest BCUT2D eigenvalue weighted by Crippen LogP contribution is 2.31. The second-order valence-corrected chi connectivity index (χ2v) is 8.98. The average Bonchev–Trinajstić information content (AvgIpc) is 3.22. The molecule has 8 heteroatoms. The average molecular weight is 419 g/mol. The van der Waals surface area contributed by atoms with Gasteiger partial charge in [-0.15, -0.1) is 4.48 Å². The standard InChI is InChI=1S/C22H30N2O6/c1-15-9-8-12-24(15,21(27)30-22(2,3)4)20(26)23-17-13-18(25)29-19(17)28-14-16-10-6-5-7-11-16/h5-7,10-11,15,17,19H,8-9,12-14H2,1-4H3/p+1/t15-,17?,19?,24?/m1/s1. The van der Waals surface area contributed by atoms with Crippen molar-refractivity contribution >= 4 is 18.1 Å². The van der Waals surface area contributed by atoms with Crippen LogP contribution >= 0.6 is 0 Å². The maximum atomic E-state index is 13.3. The summed E-state index contributed by atoms with van der Waals surface area (Å²) in [6.45, 7) is 7.80. The predicted octanol–water partition coefficient (Wildman–Crippen LogP) is 3.49.